The van der Waals surface area contributed by atoms with Gasteiger partial charge in [0, 0.05) is 38.9 Å². The second-order valence-corrected chi connectivity index (χ2v) is 10.2. The smallest absolute Gasteiger partial charge is 0.259 e. The van der Waals surface area contributed by atoms with Gasteiger partial charge in [0.2, 0.25) is 15.9 Å². The van der Waals surface area contributed by atoms with Crippen molar-refractivity contribution in [1.29, 1.82) is 0 Å². The summed E-state index contributed by atoms with van der Waals surface area (Å²) in [5.41, 5.74) is 1.30. The highest BCUT2D eigenvalue weighted by molar-refractivity contribution is 7.89. The van der Waals surface area contributed by atoms with Crippen LogP contribution in [0.4, 0.5) is 5.69 Å². The van der Waals surface area contributed by atoms with Crippen molar-refractivity contribution in [3.8, 4) is 5.75 Å². The molecule has 1 saturated heterocycles. The Morgan fingerprint density at radius 1 is 0.971 bits per heavy atom. The van der Waals surface area contributed by atoms with Gasteiger partial charge in [-0.2, -0.15) is 4.31 Å². The second-order valence-electron chi connectivity index (χ2n) is 8.31. The summed E-state index contributed by atoms with van der Waals surface area (Å²) in [6, 6.07) is 13.3. The van der Waals surface area contributed by atoms with Crippen LogP contribution in [0.2, 0.25) is 0 Å². The average molecular weight is 486 g/mol. The molecule has 2 aromatic rings. The van der Waals surface area contributed by atoms with Crippen molar-refractivity contribution in [3.05, 3.63) is 60.2 Å². The van der Waals surface area contributed by atoms with Crippen molar-refractivity contribution in [2.24, 2.45) is 0 Å². The minimum atomic E-state index is -3.49. The highest BCUT2D eigenvalue weighted by Crippen LogP contribution is 2.21. The Balaban J connectivity index is 1.54. The lowest BCUT2D eigenvalue weighted by molar-refractivity contribution is -0.130. The topological polar surface area (TPSA) is 96.0 Å². The summed E-state index contributed by atoms with van der Waals surface area (Å²) >= 11 is 0. The van der Waals surface area contributed by atoms with Gasteiger partial charge in [-0.05, 0) is 60.9 Å². The highest BCUT2D eigenvalue weighted by atomic mass is 32.2. The number of amides is 2. The SMILES string of the molecule is CN(C)C(=O)COc1ccc(NC(=O)/C=C/c2ccc(S(=O)(=O)N3CCCCCC3)cc2)cc1. The molecule has 0 atom stereocenters. The molecule has 0 aliphatic carbocycles. The van der Waals surface area contributed by atoms with Crippen LogP contribution >= 0.6 is 0 Å². The van der Waals surface area contributed by atoms with E-state index in [1.165, 1.54) is 11.0 Å². The third kappa shape index (κ3) is 7.16. The molecular formula is C25H31N3O5S. The summed E-state index contributed by atoms with van der Waals surface area (Å²) in [5.74, 6) is 0.0618. The van der Waals surface area contributed by atoms with Crippen molar-refractivity contribution in [2.45, 2.75) is 30.6 Å². The number of rotatable bonds is 8. The van der Waals surface area contributed by atoms with Gasteiger partial charge in [0.15, 0.2) is 6.61 Å². The molecule has 2 amide bonds. The summed E-state index contributed by atoms with van der Waals surface area (Å²) in [7, 11) is -0.177. The average Bonchev–Trinajstić information content (AvgIpc) is 3.13. The molecule has 0 unspecified atom stereocenters. The molecule has 1 N–H and O–H groups in total. The van der Waals surface area contributed by atoms with E-state index >= 15 is 0 Å². The zero-order valence-corrected chi connectivity index (χ0v) is 20.4. The fourth-order valence-electron chi connectivity index (χ4n) is 3.45. The molecule has 1 fully saturated rings. The molecule has 0 radical (unpaired) electrons. The Morgan fingerprint density at radius 3 is 2.18 bits per heavy atom. The van der Waals surface area contributed by atoms with Crippen LogP contribution in [0.3, 0.4) is 0 Å². The number of anilines is 1. The van der Waals surface area contributed by atoms with Crippen molar-refractivity contribution < 1.29 is 22.7 Å². The zero-order chi connectivity index (χ0) is 24.6. The fraction of sp³-hybridized carbons (Fsp3) is 0.360. The van der Waals surface area contributed by atoms with Crippen molar-refractivity contribution in [2.75, 3.05) is 39.1 Å². The minimum Gasteiger partial charge on any atom is -0.484 e. The number of nitrogens with zero attached hydrogens (tertiary/aromatic N) is 2. The van der Waals surface area contributed by atoms with E-state index in [9.17, 15) is 18.0 Å². The van der Waals surface area contributed by atoms with Crippen LogP contribution in [0.15, 0.2) is 59.5 Å². The molecule has 8 nitrogen and oxygen atoms in total. The standard InChI is InChI=1S/C25H31N3O5S/c1-27(2)25(30)19-33-22-12-10-21(11-13-22)26-24(29)16-9-20-7-14-23(15-8-20)34(31,32)28-17-5-3-4-6-18-28/h7-16H,3-6,17-19H2,1-2H3,(H,26,29)/b16-9+. The number of carbonyl (C=O) groups is 2. The molecular weight excluding hydrogens is 454 g/mol. The van der Waals surface area contributed by atoms with E-state index in [4.69, 9.17) is 4.74 Å². The first-order valence-electron chi connectivity index (χ1n) is 11.3. The minimum absolute atomic E-state index is 0.0560. The molecule has 0 aromatic heterocycles. The van der Waals surface area contributed by atoms with Gasteiger partial charge in [-0.15, -0.1) is 0 Å². The largest absolute Gasteiger partial charge is 0.484 e. The fourth-order valence-corrected chi connectivity index (χ4v) is 4.96. The second kappa shape index (κ2) is 11.8. The van der Waals surface area contributed by atoms with Crippen LogP contribution in [-0.2, 0) is 19.6 Å². The number of nitrogens with one attached hydrogen (secondary N) is 1. The number of ether oxygens (including phenoxy) is 1. The Morgan fingerprint density at radius 2 is 1.59 bits per heavy atom. The highest BCUT2D eigenvalue weighted by Gasteiger charge is 2.24. The maximum absolute atomic E-state index is 12.9. The summed E-state index contributed by atoms with van der Waals surface area (Å²) in [6.07, 6.45) is 6.92. The third-order valence-electron chi connectivity index (χ3n) is 5.49. The van der Waals surface area contributed by atoms with Gasteiger partial charge in [0.25, 0.3) is 5.91 Å². The number of hydrogen-bond donors (Lipinski definition) is 1. The predicted molar refractivity (Wildman–Crippen MR) is 132 cm³/mol. The number of likely N-dealkylation sites (N-methyl/N-ethyl adjacent to an activating group) is 1. The van der Waals surface area contributed by atoms with Gasteiger partial charge in [0.05, 0.1) is 4.90 Å². The normalized spacial score (nSPS) is 15.0. The van der Waals surface area contributed by atoms with Crippen molar-refractivity contribution in [1.82, 2.24) is 9.21 Å². The summed E-state index contributed by atoms with van der Waals surface area (Å²) < 4.78 is 32.7. The van der Waals surface area contributed by atoms with Crippen molar-refractivity contribution >= 4 is 33.6 Å². The van der Waals surface area contributed by atoms with Crippen LogP contribution in [0.1, 0.15) is 31.2 Å². The predicted octanol–water partition coefficient (Wildman–Crippen LogP) is 3.37. The van der Waals surface area contributed by atoms with Crippen LogP contribution < -0.4 is 10.1 Å². The first-order chi connectivity index (χ1) is 16.3. The summed E-state index contributed by atoms with van der Waals surface area (Å²) in [6.45, 7) is 1.07. The van der Waals surface area contributed by atoms with Gasteiger partial charge in [0.1, 0.15) is 5.75 Å². The van der Waals surface area contributed by atoms with Gasteiger partial charge >= 0.3 is 0 Å². The number of carbonyl (C=O) groups excluding carboxylic acids is 2. The molecule has 0 spiro atoms. The Bertz CT molecular complexity index is 1100. The summed E-state index contributed by atoms with van der Waals surface area (Å²) in [4.78, 5) is 25.5. The molecule has 0 saturated carbocycles. The Labute approximate surface area is 201 Å². The molecule has 1 aliphatic heterocycles. The number of sulfonamides is 1. The van der Waals surface area contributed by atoms with Gasteiger partial charge in [-0.25, -0.2) is 8.42 Å². The van der Waals surface area contributed by atoms with Crippen LogP contribution in [0, 0.1) is 0 Å². The lowest BCUT2D eigenvalue weighted by Gasteiger charge is -2.19. The zero-order valence-electron chi connectivity index (χ0n) is 19.6. The Kier molecular flexibility index (Phi) is 8.84. The van der Waals surface area contributed by atoms with E-state index in [1.54, 1.807) is 73.0 Å². The van der Waals surface area contributed by atoms with E-state index < -0.39 is 10.0 Å². The maximum atomic E-state index is 12.9. The monoisotopic (exact) mass is 485 g/mol. The molecule has 182 valence electrons. The van der Waals surface area contributed by atoms with Crippen LogP contribution in [-0.4, -0.2) is 63.2 Å². The van der Waals surface area contributed by atoms with Crippen molar-refractivity contribution in [3.63, 3.8) is 0 Å². The lowest BCUT2D eigenvalue weighted by Crippen LogP contribution is -2.31. The van der Waals surface area contributed by atoms with Crippen LogP contribution in [0.5, 0.6) is 5.75 Å². The maximum Gasteiger partial charge on any atom is 0.259 e. The van der Waals surface area contributed by atoms with Gasteiger partial charge < -0.3 is 15.0 Å². The quantitative estimate of drug-likeness (QED) is 0.579. The van der Waals surface area contributed by atoms with Crippen LogP contribution in [0.25, 0.3) is 6.08 Å². The first kappa shape index (κ1) is 25.5. The van der Waals surface area contributed by atoms with E-state index in [0.717, 1.165) is 31.2 Å². The first-order valence-corrected chi connectivity index (χ1v) is 12.7. The molecule has 1 aliphatic rings. The van der Waals surface area contributed by atoms with E-state index in [2.05, 4.69) is 5.32 Å². The van der Waals surface area contributed by atoms with Gasteiger partial charge in [-0.1, -0.05) is 25.0 Å². The van der Waals surface area contributed by atoms with E-state index in [-0.39, 0.29) is 23.3 Å². The molecule has 3 rings (SSSR count). The molecule has 0 bridgehead atoms. The Hall–Kier alpha value is -3.17. The molecule has 9 heteroatoms. The molecule has 34 heavy (non-hydrogen) atoms. The van der Waals surface area contributed by atoms with E-state index in [0.29, 0.717) is 24.5 Å². The number of hydrogen-bond acceptors (Lipinski definition) is 5. The van der Waals surface area contributed by atoms with Gasteiger partial charge in [-0.3, -0.25) is 9.59 Å². The third-order valence-corrected chi connectivity index (χ3v) is 7.41. The molecule has 1 heterocycles. The number of benzene rings is 2. The molecule has 2 aromatic carbocycles. The lowest BCUT2D eigenvalue weighted by atomic mass is 10.2. The summed E-state index contributed by atoms with van der Waals surface area (Å²) in [5, 5.41) is 2.75. The van der Waals surface area contributed by atoms with E-state index in [1.807, 2.05) is 0 Å².